The van der Waals surface area contributed by atoms with Crippen molar-refractivity contribution in [3.05, 3.63) is 0 Å². The van der Waals surface area contributed by atoms with Crippen molar-refractivity contribution < 1.29 is 4.74 Å². The highest BCUT2D eigenvalue weighted by Gasteiger charge is 2.02. The summed E-state index contributed by atoms with van der Waals surface area (Å²) in [5.41, 5.74) is 0. The molecule has 2 unspecified atom stereocenters. The topological polar surface area (TPSA) is 9.23 Å². The quantitative estimate of drug-likeness (QED) is 0.621. The van der Waals surface area contributed by atoms with Gasteiger partial charge in [0.25, 0.3) is 0 Å². The monoisotopic (exact) mass is 188 g/mol. The average Bonchev–Trinajstić information content (AvgIpc) is 2.17. The van der Waals surface area contributed by atoms with Crippen LogP contribution in [0.15, 0.2) is 0 Å². The normalized spacial score (nSPS) is 14.3. The SMILES string of the molecule is CCC(C)OC(C)CC.CCCC. The molecule has 0 aliphatic heterocycles. The fourth-order valence-corrected chi connectivity index (χ4v) is 0.589. The van der Waals surface area contributed by atoms with Crippen LogP contribution in [0.3, 0.4) is 0 Å². The van der Waals surface area contributed by atoms with E-state index in [1.54, 1.807) is 0 Å². The van der Waals surface area contributed by atoms with Gasteiger partial charge in [-0.05, 0) is 26.7 Å². The third-order valence-electron chi connectivity index (χ3n) is 2.11. The van der Waals surface area contributed by atoms with Gasteiger partial charge >= 0.3 is 0 Å². The van der Waals surface area contributed by atoms with E-state index in [0.717, 1.165) is 12.8 Å². The molecule has 0 aromatic heterocycles. The maximum atomic E-state index is 5.55. The van der Waals surface area contributed by atoms with Gasteiger partial charge in [-0.15, -0.1) is 0 Å². The molecule has 0 rings (SSSR count). The van der Waals surface area contributed by atoms with E-state index < -0.39 is 0 Å². The maximum Gasteiger partial charge on any atom is 0.0548 e. The van der Waals surface area contributed by atoms with E-state index in [-0.39, 0.29) is 0 Å². The Morgan fingerprint density at radius 3 is 1.23 bits per heavy atom. The number of rotatable bonds is 5. The Bertz CT molecular complexity index is 71.2. The van der Waals surface area contributed by atoms with Crippen molar-refractivity contribution in [3.63, 3.8) is 0 Å². The molecule has 0 aromatic rings. The predicted molar refractivity (Wildman–Crippen MR) is 61.2 cm³/mol. The van der Waals surface area contributed by atoms with Gasteiger partial charge in [-0.3, -0.25) is 0 Å². The zero-order valence-corrected chi connectivity index (χ0v) is 10.4. The fraction of sp³-hybridized carbons (Fsp3) is 1.00. The summed E-state index contributed by atoms with van der Waals surface area (Å²) in [4.78, 5) is 0. The van der Waals surface area contributed by atoms with Crippen molar-refractivity contribution in [1.29, 1.82) is 0 Å². The van der Waals surface area contributed by atoms with E-state index in [0.29, 0.717) is 12.2 Å². The molecular weight excluding hydrogens is 160 g/mol. The summed E-state index contributed by atoms with van der Waals surface area (Å²) < 4.78 is 5.55. The molecule has 0 saturated heterocycles. The van der Waals surface area contributed by atoms with Crippen LogP contribution in [-0.4, -0.2) is 12.2 Å². The Labute approximate surface area is 84.9 Å². The van der Waals surface area contributed by atoms with Crippen molar-refractivity contribution in [2.45, 2.75) is 79.4 Å². The molecule has 1 heteroatoms. The van der Waals surface area contributed by atoms with Crippen LogP contribution in [0.5, 0.6) is 0 Å². The minimum atomic E-state index is 0.431. The van der Waals surface area contributed by atoms with Crippen LogP contribution in [0.25, 0.3) is 0 Å². The lowest BCUT2D eigenvalue weighted by molar-refractivity contribution is 0.00511. The number of hydrogen-bond acceptors (Lipinski definition) is 1. The molecule has 0 aliphatic carbocycles. The first-order chi connectivity index (χ1) is 6.12. The molecule has 0 amide bonds. The second-order valence-electron chi connectivity index (χ2n) is 3.57. The Hall–Kier alpha value is -0.0400. The lowest BCUT2D eigenvalue weighted by atomic mass is 10.3. The average molecular weight is 188 g/mol. The smallest absolute Gasteiger partial charge is 0.0548 e. The summed E-state index contributed by atoms with van der Waals surface area (Å²) in [5, 5.41) is 0. The third-order valence-corrected chi connectivity index (χ3v) is 2.11. The van der Waals surface area contributed by atoms with Crippen LogP contribution in [0.4, 0.5) is 0 Å². The summed E-state index contributed by atoms with van der Waals surface area (Å²) >= 11 is 0. The highest BCUT2D eigenvalue weighted by atomic mass is 16.5. The van der Waals surface area contributed by atoms with Crippen LogP contribution in [0, 0.1) is 0 Å². The van der Waals surface area contributed by atoms with Gasteiger partial charge in [0.15, 0.2) is 0 Å². The second kappa shape index (κ2) is 12.0. The summed E-state index contributed by atoms with van der Waals surface area (Å²) in [6, 6.07) is 0. The summed E-state index contributed by atoms with van der Waals surface area (Å²) in [5.74, 6) is 0. The molecule has 0 N–H and O–H groups in total. The van der Waals surface area contributed by atoms with Gasteiger partial charge in [-0.2, -0.15) is 0 Å². The fourth-order valence-electron chi connectivity index (χ4n) is 0.589. The third kappa shape index (κ3) is 14.8. The Balaban J connectivity index is 0. The Kier molecular flexibility index (Phi) is 14.2. The number of hydrogen-bond donors (Lipinski definition) is 0. The first-order valence-electron chi connectivity index (χ1n) is 5.77. The molecule has 0 spiro atoms. The zero-order valence-electron chi connectivity index (χ0n) is 10.4. The second-order valence-corrected chi connectivity index (χ2v) is 3.57. The predicted octanol–water partition coefficient (Wildman–Crippen LogP) is 4.41. The Morgan fingerprint density at radius 1 is 0.769 bits per heavy atom. The van der Waals surface area contributed by atoms with Gasteiger partial charge in [-0.25, -0.2) is 0 Å². The van der Waals surface area contributed by atoms with Crippen LogP contribution in [-0.2, 0) is 4.74 Å². The van der Waals surface area contributed by atoms with E-state index >= 15 is 0 Å². The van der Waals surface area contributed by atoms with Crippen molar-refractivity contribution >= 4 is 0 Å². The van der Waals surface area contributed by atoms with Crippen LogP contribution in [0.1, 0.15) is 67.2 Å². The maximum absolute atomic E-state index is 5.55. The van der Waals surface area contributed by atoms with Gasteiger partial charge in [-0.1, -0.05) is 40.5 Å². The molecule has 0 radical (unpaired) electrons. The lowest BCUT2D eigenvalue weighted by Gasteiger charge is -2.15. The van der Waals surface area contributed by atoms with E-state index in [1.807, 2.05) is 0 Å². The van der Waals surface area contributed by atoms with Crippen molar-refractivity contribution in [2.24, 2.45) is 0 Å². The summed E-state index contributed by atoms with van der Waals surface area (Å²) in [6.45, 7) is 12.9. The standard InChI is InChI=1S/C8H18O.C4H10/c1-5-7(3)9-8(4)6-2;1-3-4-2/h7-8H,5-6H2,1-4H3;3-4H2,1-2H3. The number of unbranched alkanes of at least 4 members (excludes halogenated alkanes) is 1. The molecule has 0 saturated carbocycles. The lowest BCUT2D eigenvalue weighted by Crippen LogP contribution is -2.14. The summed E-state index contributed by atoms with van der Waals surface area (Å²) in [7, 11) is 0. The van der Waals surface area contributed by atoms with Crippen LogP contribution < -0.4 is 0 Å². The van der Waals surface area contributed by atoms with Crippen LogP contribution in [0.2, 0.25) is 0 Å². The molecule has 0 fully saturated rings. The number of ether oxygens (including phenoxy) is 1. The molecule has 0 heterocycles. The van der Waals surface area contributed by atoms with E-state index in [4.69, 9.17) is 4.74 Å². The van der Waals surface area contributed by atoms with Gasteiger partial charge in [0.1, 0.15) is 0 Å². The van der Waals surface area contributed by atoms with Gasteiger partial charge in [0.05, 0.1) is 12.2 Å². The molecule has 13 heavy (non-hydrogen) atoms. The summed E-state index contributed by atoms with van der Waals surface area (Å²) in [6.07, 6.45) is 5.73. The highest BCUT2D eigenvalue weighted by Crippen LogP contribution is 2.03. The van der Waals surface area contributed by atoms with Gasteiger partial charge in [0.2, 0.25) is 0 Å². The molecule has 82 valence electrons. The van der Waals surface area contributed by atoms with Crippen molar-refractivity contribution in [3.8, 4) is 0 Å². The van der Waals surface area contributed by atoms with Gasteiger partial charge < -0.3 is 4.74 Å². The van der Waals surface area contributed by atoms with E-state index in [9.17, 15) is 0 Å². The molecule has 2 atom stereocenters. The van der Waals surface area contributed by atoms with E-state index in [2.05, 4.69) is 41.5 Å². The van der Waals surface area contributed by atoms with E-state index in [1.165, 1.54) is 12.8 Å². The molecular formula is C12H28O. The van der Waals surface area contributed by atoms with Crippen LogP contribution >= 0.6 is 0 Å². The largest absolute Gasteiger partial charge is 0.376 e. The Morgan fingerprint density at radius 2 is 1.08 bits per heavy atom. The molecule has 1 nitrogen and oxygen atoms in total. The minimum Gasteiger partial charge on any atom is -0.376 e. The highest BCUT2D eigenvalue weighted by molar-refractivity contribution is 4.50. The zero-order chi connectivity index (χ0) is 10.7. The molecule has 0 aromatic carbocycles. The minimum absolute atomic E-state index is 0.431. The van der Waals surface area contributed by atoms with Crippen molar-refractivity contribution in [2.75, 3.05) is 0 Å². The van der Waals surface area contributed by atoms with Crippen molar-refractivity contribution in [1.82, 2.24) is 0 Å². The first-order valence-corrected chi connectivity index (χ1v) is 5.77. The molecule has 0 aliphatic rings. The molecule has 0 bridgehead atoms. The first kappa shape index (κ1) is 15.4. The van der Waals surface area contributed by atoms with Gasteiger partial charge in [0, 0.05) is 0 Å².